The molecular weight excluding hydrogens is 398 g/mol. The Balaban J connectivity index is 1.43. The van der Waals surface area contributed by atoms with Gasteiger partial charge in [0.2, 0.25) is 0 Å². The van der Waals surface area contributed by atoms with Crippen LogP contribution in [0.2, 0.25) is 0 Å². The molecule has 1 aliphatic heterocycles. The molecule has 0 bridgehead atoms. The zero-order valence-electron chi connectivity index (χ0n) is 20.3. The molecule has 170 valence electrons. The molecule has 1 saturated heterocycles. The van der Waals surface area contributed by atoms with Crippen molar-refractivity contribution in [3.63, 3.8) is 0 Å². The van der Waals surface area contributed by atoms with E-state index in [0.717, 1.165) is 18.8 Å². The maximum atomic E-state index is 5.07. The Morgan fingerprint density at radius 3 is 2.45 bits per heavy atom. The van der Waals surface area contributed by atoms with Crippen LogP contribution in [0.25, 0.3) is 11.3 Å². The van der Waals surface area contributed by atoms with E-state index < -0.39 is 0 Å². The predicted octanol–water partition coefficient (Wildman–Crippen LogP) is 6.91. The number of anilines is 1. The summed E-state index contributed by atoms with van der Waals surface area (Å²) in [5.74, 6) is 0. The molecule has 1 fully saturated rings. The summed E-state index contributed by atoms with van der Waals surface area (Å²) in [5.41, 5.74) is 5.97. The Labute approximate surface area is 193 Å². The average Bonchev–Trinajstić information content (AvgIpc) is 3.25. The van der Waals surface area contributed by atoms with Crippen molar-refractivity contribution >= 4 is 16.5 Å². The second kappa shape index (κ2) is 9.23. The first-order valence-electron chi connectivity index (χ1n) is 12.4. The fourth-order valence-electron chi connectivity index (χ4n) is 5.25. The van der Waals surface area contributed by atoms with Gasteiger partial charge in [-0.2, -0.15) is 0 Å². The Morgan fingerprint density at radius 1 is 1.03 bits per heavy atom. The van der Waals surface area contributed by atoms with Gasteiger partial charge in [0, 0.05) is 30.1 Å². The molecule has 3 nitrogen and oxygen atoms in total. The van der Waals surface area contributed by atoms with Crippen molar-refractivity contribution < 1.29 is 0 Å². The first-order chi connectivity index (χ1) is 14.8. The van der Waals surface area contributed by atoms with Crippen LogP contribution in [-0.2, 0) is 10.8 Å². The SMILES string of the molecule is CCCCCNC1CCN(c2nc(-c3ccc4c(c3)C(C)(C)CCC4(C)C)cs2)CC1. The van der Waals surface area contributed by atoms with Crippen molar-refractivity contribution in [2.75, 3.05) is 24.5 Å². The topological polar surface area (TPSA) is 28.2 Å². The maximum absolute atomic E-state index is 5.07. The van der Waals surface area contributed by atoms with E-state index in [1.807, 2.05) is 11.3 Å². The minimum absolute atomic E-state index is 0.242. The number of aromatic nitrogens is 1. The quantitative estimate of drug-likeness (QED) is 0.475. The van der Waals surface area contributed by atoms with Gasteiger partial charge in [0.15, 0.2) is 5.13 Å². The van der Waals surface area contributed by atoms with Gasteiger partial charge in [0.1, 0.15) is 0 Å². The van der Waals surface area contributed by atoms with Gasteiger partial charge in [-0.15, -0.1) is 11.3 Å². The molecule has 0 atom stereocenters. The van der Waals surface area contributed by atoms with Gasteiger partial charge in [0.05, 0.1) is 5.69 Å². The molecule has 0 amide bonds. The van der Waals surface area contributed by atoms with Crippen molar-refractivity contribution in [3.8, 4) is 11.3 Å². The first-order valence-corrected chi connectivity index (χ1v) is 13.3. The molecule has 0 spiro atoms. The Hall–Kier alpha value is -1.39. The van der Waals surface area contributed by atoms with Gasteiger partial charge in [0.25, 0.3) is 0 Å². The van der Waals surface area contributed by atoms with Gasteiger partial charge in [-0.1, -0.05) is 59.6 Å². The molecular formula is C27H41N3S. The Kier molecular flexibility index (Phi) is 6.79. The zero-order valence-corrected chi connectivity index (χ0v) is 21.1. The van der Waals surface area contributed by atoms with Crippen LogP contribution in [0.3, 0.4) is 0 Å². The highest BCUT2D eigenvalue weighted by Gasteiger charge is 2.37. The number of unbranched alkanes of at least 4 members (excludes halogenated alkanes) is 2. The number of hydrogen-bond acceptors (Lipinski definition) is 4. The normalized spacial score (nSPS) is 20.6. The summed E-state index contributed by atoms with van der Waals surface area (Å²) >= 11 is 1.81. The van der Waals surface area contributed by atoms with E-state index >= 15 is 0 Å². The van der Waals surface area contributed by atoms with Crippen LogP contribution in [0.4, 0.5) is 5.13 Å². The lowest BCUT2D eigenvalue weighted by molar-refractivity contribution is 0.332. The van der Waals surface area contributed by atoms with E-state index in [2.05, 4.69) is 68.4 Å². The number of piperidine rings is 1. The lowest BCUT2D eigenvalue weighted by atomic mass is 9.63. The molecule has 0 saturated carbocycles. The number of benzene rings is 1. The molecule has 4 heteroatoms. The highest BCUT2D eigenvalue weighted by molar-refractivity contribution is 7.14. The second-order valence-electron chi connectivity index (χ2n) is 11.0. The van der Waals surface area contributed by atoms with Gasteiger partial charge in [-0.3, -0.25) is 0 Å². The Bertz CT molecular complexity index is 874. The molecule has 2 aromatic rings. The van der Waals surface area contributed by atoms with E-state index in [1.165, 1.54) is 73.3 Å². The highest BCUT2D eigenvalue weighted by Crippen LogP contribution is 2.47. The molecule has 1 aliphatic carbocycles. The fraction of sp³-hybridized carbons (Fsp3) is 0.667. The monoisotopic (exact) mass is 439 g/mol. The van der Waals surface area contributed by atoms with Crippen molar-refractivity contribution in [3.05, 3.63) is 34.7 Å². The summed E-state index contributed by atoms with van der Waals surface area (Å²) < 4.78 is 0. The van der Waals surface area contributed by atoms with Crippen molar-refractivity contribution in [2.45, 2.75) is 96.4 Å². The van der Waals surface area contributed by atoms with Crippen LogP contribution in [-0.4, -0.2) is 30.7 Å². The van der Waals surface area contributed by atoms with Crippen LogP contribution in [0, 0.1) is 0 Å². The maximum Gasteiger partial charge on any atom is 0.185 e. The van der Waals surface area contributed by atoms with Crippen LogP contribution < -0.4 is 10.2 Å². The van der Waals surface area contributed by atoms with Gasteiger partial charge in [-0.25, -0.2) is 4.98 Å². The minimum atomic E-state index is 0.242. The summed E-state index contributed by atoms with van der Waals surface area (Å²) in [4.78, 5) is 7.56. The number of rotatable bonds is 7. The van der Waals surface area contributed by atoms with Crippen LogP contribution in [0.1, 0.15) is 90.7 Å². The number of nitrogens with one attached hydrogen (secondary N) is 1. The van der Waals surface area contributed by atoms with E-state index in [4.69, 9.17) is 4.98 Å². The molecule has 1 aromatic carbocycles. The second-order valence-corrected chi connectivity index (χ2v) is 11.8. The molecule has 4 rings (SSSR count). The minimum Gasteiger partial charge on any atom is -0.348 e. The summed E-state index contributed by atoms with van der Waals surface area (Å²) in [6, 6.07) is 7.79. The number of hydrogen-bond donors (Lipinski definition) is 1. The molecule has 2 aliphatic rings. The molecule has 1 aromatic heterocycles. The lowest BCUT2D eigenvalue weighted by Gasteiger charge is -2.42. The number of nitrogens with zero attached hydrogens (tertiary/aromatic N) is 2. The molecule has 0 radical (unpaired) electrons. The first kappa shape index (κ1) is 22.8. The third-order valence-corrected chi connectivity index (χ3v) is 8.52. The van der Waals surface area contributed by atoms with Crippen LogP contribution >= 0.6 is 11.3 Å². The molecule has 31 heavy (non-hydrogen) atoms. The number of fused-ring (bicyclic) bond motifs is 1. The average molecular weight is 440 g/mol. The van der Waals surface area contributed by atoms with Gasteiger partial charge >= 0.3 is 0 Å². The predicted molar refractivity (Wildman–Crippen MR) is 136 cm³/mol. The van der Waals surface area contributed by atoms with E-state index in [9.17, 15) is 0 Å². The standard InChI is InChI=1S/C27H41N3S/c1-6-7-8-15-28-21-11-16-30(17-12-21)25-29-24(19-31-25)20-9-10-22-23(18-20)27(4,5)14-13-26(22,2)3/h9-10,18-19,21,28H,6-8,11-17H2,1-5H3. The fourth-order valence-corrected chi connectivity index (χ4v) is 6.13. The van der Waals surface area contributed by atoms with Gasteiger partial charge < -0.3 is 10.2 Å². The third-order valence-electron chi connectivity index (χ3n) is 7.62. The molecule has 2 heterocycles. The largest absolute Gasteiger partial charge is 0.348 e. The van der Waals surface area contributed by atoms with E-state index in [0.29, 0.717) is 6.04 Å². The lowest BCUT2D eigenvalue weighted by Crippen LogP contribution is -2.42. The summed E-state index contributed by atoms with van der Waals surface area (Å²) in [6.07, 6.45) is 8.90. The van der Waals surface area contributed by atoms with Crippen molar-refractivity contribution in [1.82, 2.24) is 10.3 Å². The van der Waals surface area contributed by atoms with Gasteiger partial charge in [-0.05, 0) is 66.7 Å². The van der Waals surface area contributed by atoms with E-state index in [1.54, 1.807) is 0 Å². The van der Waals surface area contributed by atoms with E-state index in [-0.39, 0.29) is 10.8 Å². The summed E-state index contributed by atoms with van der Waals surface area (Å²) in [7, 11) is 0. The van der Waals surface area contributed by atoms with Crippen molar-refractivity contribution in [1.29, 1.82) is 0 Å². The third kappa shape index (κ3) is 5.01. The Morgan fingerprint density at radius 2 is 1.74 bits per heavy atom. The van der Waals surface area contributed by atoms with Crippen LogP contribution in [0.15, 0.2) is 23.6 Å². The number of thiazole rings is 1. The zero-order chi connectivity index (χ0) is 22.1. The van der Waals surface area contributed by atoms with Crippen LogP contribution in [0.5, 0.6) is 0 Å². The molecule has 1 N–H and O–H groups in total. The molecule has 0 unspecified atom stereocenters. The summed E-state index contributed by atoms with van der Waals surface area (Å²) in [5, 5.41) is 7.21. The highest BCUT2D eigenvalue weighted by atomic mass is 32.1. The summed E-state index contributed by atoms with van der Waals surface area (Å²) in [6.45, 7) is 15.3. The van der Waals surface area contributed by atoms with Crippen molar-refractivity contribution in [2.24, 2.45) is 0 Å². The smallest absolute Gasteiger partial charge is 0.185 e.